The number of nitrogens with zero attached hydrogens (tertiary/aromatic N) is 1. The van der Waals surface area contributed by atoms with Crippen molar-refractivity contribution in [1.29, 1.82) is 0 Å². The maximum Gasteiger partial charge on any atom is 0.409 e. The van der Waals surface area contributed by atoms with E-state index in [1.165, 1.54) is 27.2 Å². The van der Waals surface area contributed by atoms with E-state index in [9.17, 15) is 9.59 Å². The SMILES string of the molecule is CN(CCOCCOCCOCCOCCOCCOCCOc1ccc(C=O)cc1)C(=O)OCC1c2ccccc2-c2ccccc21. The molecule has 0 N–H and O–H groups in total. The summed E-state index contributed by atoms with van der Waals surface area (Å²) in [6.07, 6.45) is 0.431. The lowest BCUT2D eigenvalue weighted by Crippen LogP contribution is -2.32. The molecule has 0 unspecified atom stereocenters. The Morgan fingerprint density at radius 2 is 1.04 bits per heavy atom. The van der Waals surface area contributed by atoms with E-state index in [1.54, 1.807) is 31.3 Å². The normalized spacial score (nSPS) is 12.0. The second-order valence-electron chi connectivity index (χ2n) is 10.9. The van der Waals surface area contributed by atoms with Crippen LogP contribution in [0.2, 0.25) is 0 Å². The standard InChI is InChI=1S/C37H47NO10/c1-38(37(40)48-29-36-34-8-4-2-6-32(34)33-7-3-5-9-35(33)36)14-15-41-16-17-42-18-19-43-20-21-44-22-23-45-24-25-46-26-27-47-31-12-10-30(28-39)11-13-31/h2-13,28,36H,14-27,29H2,1H3. The number of carbonyl (C=O) groups is 2. The third-order valence-electron chi connectivity index (χ3n) is 7.59. The first-order valence-corrected chi connectivity index (χ1v) is 16.4. The van der Waals surface area contributed by atoms with Crippen molar-refractivity contribution >= 4 is 12.4 Å². The molecule has 0 saturated heterocycles. The van der Waals surface area contributed by atoms with Gasteiger partial charge in [0.2, 0.25) is 0 Å². The van der Waals surface area contributed by atoms with Gasteiger partial charge in [-0.05, 0) is 46.5 Å². The zero-order valence-electron chi connectivity index (χ0n) is 27.7. The Hall–Kier alpha value is -3.84. The van der Waals surface area contributed by atoms with Crippen molar-refractivity contribution in [2.24, 2.45) is 0 Å². The van der Waals surface area contributed by atoms with Crippen LogP contribution in [0.3, 0.4) is 0 Å². The van der Waals surface area contributed by atoms with Crippen molar-refractivity contribution in [3.63, 3.8) is 0 Å². The minimum Gasteiger partial charge on any atom is -0.491 e. The van der Waals surface area contributed by atoms with Crippen molar-refractivity contribution < 1.29 is 47.5 Å². The number of amides is 1. The Bertz CT molecular complexity index is 1310. The number of fused-ring (bicyclic) bond motifs is 3. The van der Waals surface area contributed by atoms with Gasteiger partial charge in [0, 0.05) is 25.1 Å². The van der Waals surface area contributed by atoms with Crippen molar-refractivity contribution in [3.05, 3.63) is 89.5 Å². The minimum atomic E-state index is -0.366. The molecular weight excluding hydrogens is 618 g/mol. The summed E-state index contributed by atoms with van der Waals surface area (Å²) in [6, 6.07) is 23.5. The van der Waals surface area contributed by atoms with Gasteiger partial charge in [-0.3, -0.25) is 4.79 Å². The number of ether oxygens (including phenoxy) is 8. The summed E-state index contributed by atoms with van der Waals surface area (Å²) >= 11 is 0. The molecule has 0 saturated carbocycles. The molecule has 1 amide bonds. The summed E-state index contributed by atoms with van der Waals surface area (Å²) < 4.78 is 44.3. The fourth-order valence-corrected chi connectivity index (χ4v) is 5.06. The summed E-state index contributed by atoms with van der Waals surface area (Å²) in [5, 5.41) is 0. The number of aldehydes is 1. The van der Waals surface area contributed by atoms with Gasteiger partial charge in [-0.2, -0.15) is 0 Å². The number of rotatable bonds is 25. The Morgan fingerprint density at radius 3 is 1.52 bits per heavy atom. The van der Waals surface area contributed by atoms with Crippen LogP contribution in [0.25, 0.3) is 11.1 Å². The van der Waals surface area contributed by atoms with Gasteiger partial charge in [-0.25, -0.2) is 4.79 Å². The van der Waals surface area contributed by atoms with Gasteiger partial charge in [-0.15, -0.1) is 0 Å². The van der Waals surface area contributed by atoms with Gasteiger partial charge < -0.3 is 42.8 Å². The average Bonchev–Trinajstić information content (AvgIpc) is 3.44. The number of hydrogen-bond acceptors (Lipinski definition) is 10. The van der Waals surface area contributed by atoms with Gasteiger partial charge in [0.25, 0.3) is 0 Å². The molecule has 0 heterocycles. The highest BCUT2D eigenvalue weighted by atomic mass is 16.6. The van der Waals surface area contributed by atoms with E-state index in [4.69, 9.17) is 37.9 Å². The molecule has 11 heteroatoms. The fourth-order valence-electron chi connectivity index (χ4n) is 5.06. The summed E-state index contributed by atoms with van der Waals surface area (Å²) in [6.45, 7) is 6.65. The molecule has 260 valence electrons. The Balaban J connectivity index is 0.875. The van der Waals surface area contributed by atoms with Crippen LogP contribution in [0.4, 0.5) is 4.79 Å². The van der Waals surface area contributed by atoms with Gasteiger partial charge >= 0.3 is 6.09 Å². The Morgan fingerprint density at radius 1 is 0.604 bits per heavy atom. The molecule has 0 fully saturated rings. The zero-order valence-corrected chi connectivity index (χ0v) is 27.7. The third-order valence-corrected chi connectivity index (χ3v) is 7.59. The lowest BCUT2D eigenvalue weighted by atomic mass is 9.98. The number of benzene rings is 3. The van der Waals surface area contributed by atoms with Crippen LogP contribution < -0.4 is 4.74 Å². The zero-order chi connectivity index (χ0) is 33.7. The molecule has 1 aliphatic carbocycles. The first-order valence-electron chi connectivity index (χ1n) is 16.4. The molecule has 0 atom stereocenters. The number of carbonyl (C=O) groups excluding carboxylic acids is 2. The van der Waals surface area contributed by atoms with E-state index in [-0.39, 0.29) is 12.0 Å². The first kappa shape index (κ1) is 37.0. The molecule has 0 spiro atoms. The van der Waals surface area contributed by atoms with Crippen molar-refractivity contribution in [1.82, 2.24) is 4.90 Å². The van der Waals surface area contributed by atoms with E-state index < -0.39 is 0 Å². The van der Waals surface area contributed by atoms with Crippen LogP contribution >= 0.6 is 0 Å². The van der Waals surface area contributed by atoms with E-state index in [2.05, 4.69) is 24.3 Å². The van der Waals surface area contributed by atoms with Crippen molar-refractivity contribution in [3.8, 4) is 16.9 Å². The molecule has 0 bridgehead atoms. The molecule has 11 nitrogen and oxygen atoms in total. The van der Waals surface area contributed by atoms with Crippen LogP contribution in [-0.2, 0) is 33.2 Å². The second kappa shape index (κ2) is 21.9. The topological polar surface area (TPSA) is 111 Å². The number of hydrogen-bond donors (Lipinski definition) is 0. The third kappa shape index (κ3) is 12.6. The monoisotopic (exact) mass is 665 g/mol. The van der Waals surface area contributed by atoms with E-state index >= 15 is 0 Å². The quantitative estimate of drug-likeness (QED) is 0.0920. The fraction of sp³-hybridized carbons (Fsp3) is 0.459. The molecule has 4 rings (SSSR count). The van der Waals surface area contributed by atoms with Gasteiger partial charge in [0.15, 0.2) is 0 Å². The van der Waals surface area contributed by atoms with Crippen molar-refractivity contribution in [2.75, 3.05) is 106 Å². The van der Waals surface area contributed by atoms with Crippen molar-refractivity contribution in [2.45, 2.75) is 5.92 Å². The highest BCUT2D eigenvalue weighted by Gasteiger charge is 2.29. The Kier molecular flexibility index (Phi) is 16.9. The van der Waals surface area contributed by atoms with E-state index in [1.807, 2.05) is 24.3 Å². The van der Waals surface area contributed by atoms with E-state index in [0.717, 1.165) is 6.29 Å². The molecular formula is C37H47NO10. The molecule has 48 heavy (non-hydrogen) atoms. The maximum atomic E-state index is 12.6. The predicted octanol–water partition coefficient (Wildman–Crippen LogP) is 4.86. The summed E-state index contributed by atoms with van der Waals surface area (Å²) in [4.78, 5) is 24.8. The molecule has 0 aromatic heterocycles. The molecule has 3 aromatic rings. The van der Waals surface area contributed by atoms with Crippen LogP contribution in [0.15, 0.2) is 72.8 Å². The summed E-state index contributed by atoms with van der Waals surface area (Å²) in [5.41, 5.74) is 5.41. The summed E-state index contributed by atoms with van der Waals surface area (Å²) in [7, 11) is 1.71. The lowest BCUT2D eigenvalue weighted by molar-refractivity contribution is -0.0183. The number of likely N-dealkylation sites (N-methyl/N-ethyl adjacent to an activating group) is 1. The smallest absolute Gasteiger partial charge is 0.409 e. The molecule has 1 aliphatic rings. The van der Waals surface area contributed by atoms with Crippen LogP contribution in [0.5, 0.6) is 5.75 Å². The highest BCUT2D eigenvalue weighted by molar-refractivity contribution is 5.79. The van der Waals surface area contributed by atoms with Crippen LogP contribution in [0, 0.1) is 0 Å². The van der Waals surface area contributed by atoms with Crippen LogP contribution in [-0.4, -0.2) is 123 Å². The summed E-state index contributed by atoms with van der Waals surface area (Å²) in [5.74, 6) is 0.738. The van der Waals surface area contributed by atoms with Crippen LogP contribution in [0.1, 0.15) is 27.4 Å². The maximum absolute atomic E-state index is 12.6. The van der Waals surface area contributed by atoms with Gasteiger partial charge in [0.05, 0.1) is 79.3 Å². The Labute approximate surface area is 282 Å². The van der Waals surface area contributed by atoms with Gasteiger partial charge in [-0.1, -0.05) is 48.5 Å². The van der Waals surface area contributed by atoms with E-state index in [0.29, 0.717) is 110 Å². The second-order valence-corrected chi connectivity index (χ2v) is 10.9. The molecule has 3 aromatic carbocycles. The van der Waals surface area contributed by atoms with Gasteiger partial charge in [0.1, 0.15) is 25.2 Å². The highest BCUT2D eigenvalue weighted by Crippen LogP contribution is 2.44. The predicted molar refractivity (Wildman–Crippen MR) is 180 cm³/mol. The minimum absolute atomic E-state index is 0.0384. The molecule has 0 radical (unpaired) electrons. The first-order chi connectivity index (χ1) is 23.7. The molecule has 0 aliphatic heterocycles. The average molecular weight is 666 g/mol. The largest absolute Gasteiger partial charge is 0.491 e. The lowest BCUT2D eigenvalue weighted by Gasteiger charge is -2.19.